The van der Waals surface area contributed by atoms with Gasteiger partial charge in [-0.15, -0.1) is 0 Å². The number of halogens is 4. The number of ketones is 1. The molecule has 2 aromatic rings. The smallest absolute Gasteiger partial charge is 0.272 e. The van der Waals surface area contributed by atoms with E-state index in [1.165, 1.54) is 30.0 Å². The molecule has 0 unspecified atom stereocenters. The Balaban J connectivity index is 2.32. The molecule has 2 N–H and O–H groups in total. The summed E-state index contributed by atoms with van der Waals surface area (Å²) in [5.41, 5.74) is 0.0392. The summed E-state index contributed by atoms with van der Waals surface area (Å²) in [6, 6.07) is 5.19. The maximum absolute atomic E-state index is 15.1. The molecule has 36 heavy (non-hydrogen) atoms. The molecule has 6 nitrogen and oxygen atoms in total. The highest BCUT2D eigenvalue weighted by molar-refractivity contribution is 5.98. The number of carbonyl (C=O) groups excluding carboxylic acids is 2. The molecule has 0 fully saturated rings. The second kappa shape index (κ2) is 11.5. The monoisotopic (exact) mass is 509 g/mol. The van der Waals surface area contributed by atoms with Crippen molar-refractivity contribution in [3.8, 4) is 5.75 Å². The molecule has 0 aliphatic rings. The number of hydrogen-bond acceptors (Lipinski definition) is 5. The average Bonchev–Trinajstić information content (AvgIpc) is 2.78. The van der Waals surface area contributed by atoms with E-state index >= 15 is 4.39 Å². The third-order valence-corrected chi connectivity index (χ3v) is 5.37. The van der Waals surface area contributed by atoms with Gasteiger partial charge in [0.05, 0.1) is 5.56 Å². The standard InChI is InChI=1S/C26H31F4N3O3/c1-14-10-18(15(2)34)21(36-13-22(28)29)11-20(14)33(7)16(3)32-24-19(27)9-8-17(23(24)30)12-31-25(35)26(4,5)6/h8-11,22,32H,3,12-13H2,1-2,4-7H3,(H,31,35). The number of amides is 1. The van der Waals surface area contributed by atoms with Gasteiger partial charge >= 0.3 is 0 Å². The van der Waals surface area contributed by atoms with Crippen molar-refractivity contribution in [2.45, 2.75) is 47.6 Å². The first kappa shape index (κ1) is 28.7. The summed E-state index contributed by atoms with van der Waals surface area (Å²) in [6.07, 6.45) is -2.74. The molecular weight excluding hydrogens is 478 g/mol. The fourth-order valence-corrected chi connectivity index (χ4v) is 3.25. The van der Waals surface area contributed by atoms with E-state index in [1.807, 2.05) is 0 Å². The van der Waals surface area contributed by atoms with Crippen molar-refractivity contribution in [1.29, 1.82) is 0 Å². The first-order valence-electron chi connectivity index (χ1n) is 11.1. The Morgan fingerprint density at radius 3 is 2.36 bits per heavy atom. The number of anilines is 2. The molecule has 0 bridgehead atoms. The summed E-state index contributed by atoms with van der Waals surface area (Å²) < 4.78 is 60.2. The van der Waals surface area contributed by atoms with Crippen molar-refractivity contribution >= 4 is 23.1 Å². The van der Waals surface area contributed by atoms with Crippen LogP contribution in [0.2, 0.25) is 0 Å². The Labute approximate surface area is 208 Å². The van der Waals surface area contributed by atoms with Crippen LogP contribution in [0.15, 0.2) is 36.7 Å². The Kier molecular flexibility index (Phi) is 9.12. The highest BCUT2D eigenvalue weighted by atomic mass is 19.3. The normalized spacial score (nSPS) is 11.3. The lowest BCUT2D eigenvalue weighted by molar-refractivity contribution is -0.128. The average molecular weight is 510 g/mol. The molecule has 0 radical (unpaired) electrons. The predicted octanol–water partition coefficient (Wildman–Crippen LogP) is 5.80. The number of Topliss-reactive ketones (excluding diaryl/α,β-unsaturated/α-hetero) is 1. The first-order chi connectivity index (χ1) is 16.6. The Bertz CT molecular complexity index is 1160. The van der Waals surface area contributed by atoms with Gasteiger partial charge < -0.3 is 20.3 Å². The van der Waals surface area contributed by atoms with Gasteiger partial charge in [0.25, 0.3) is 6.43 Å². The minimum atomic E-state index is -2.74. The van der Waals surface area contributed by atoms with Crippen molar-refractivity contribution in [1.82, 2.24) is 5.32 Å². The highest BCUT2D eigenvalue weighted by Crippen LogP contribution is 2.32. The Morgan fingerprint density at radius 2 is 1.81 bits per heavy atom. The van der Waals surface area contributed by atoms with Gasteiger partial charge in [-0.05, 0) is 31.5 Å². The Morgan fingerprint density at radius 1 is 1.17 bits per heavy atom. The zero-order valence-electron chi connectivity index (χ0n) is 21.2. The molecule has 0 saturated heterocycles. The minimum Gasteiger partial charge on any atom is -0.487 e. The van der Waals surface area contributed by atoms with Gasteiger partial charge in [0, 0.05) is 36.3 Å². The van der Waals surface area contributed by atoms with Gasteiger partial charge in [-0.3, -0.25) is 9.59 Å². The number of hydrogen-bond donors (Lipinski definition) is 2. The number of nitrogens with one attached hydrogen (secondary N) is 2. The molecule has 2 rings (SSSR count). The lowest BCUT2D eigenvalue weighted by Crippen LogP contribution is -2.34. The molecule has 0 saturated carbocycles. The van der Waals surface area contributed by atoms with Crippen LogP contribution in [0, 0.1) is 24.0 Å². The second-order valence-corrected chi connectivity index (χ2v) is 9.35. The van der Waals surface area contributed by atoms with Crippen molar-refractivity contribution < 1.29 is 31.9 Å². The molecule has 2 aromatic carbocycles. The quantitative estimate of drug-likeness (QED) is 0.313. The fourth-order valence-electron chi connectivity index (χ4n) is 3.25. The third-order valence-electron chi connectivity index (χ3n) is 5.37. The SMILES string of the molecule is C=C(Nc1c(F)ccc(CNC(=O)C(C)(C)C)c1F)N(C)c1cc(OCC(F)F)c(C(C)=O)cc1C. The molecule has 0 aliphatic heterocycles. The number of rotatable bonds is 10. The molecule has 196 valence electrons. The van der Waals surface area contributed by atoms with Gasteiger partial charge in [-0.25, -0.2) is 17.6 Å². The van der Waals surface area contributed by atoms with Gasteiger partial charge in [0.15, 0.2) is 11.6 Å². The largest absolute Gasteiger partial charge is 0.487 e. The lowest BCUT2D eigenvalue weighted by Gasteiger charge is -2.26. The maximum atomic E-state index is 15.1. The number of alkyl halides is 2. The van der Waals surface area contributed by atoms with Crippen molar-refractivity contribution in [3.05, 3.63) is 65.0 Å². The minimum absolute atomic E-state index is 0.0444. The zero-order chi connectivity index (χ0) is 27.4. The van der Waals surface area contributed by atoms with Crippen LogP contribution in [0.1, 0.15) is 49.2 Å². The predicted molar refractivity (Wildman–Crippen MR) is 132 cm³/mol. The van der Waals surface area contributed by atoms with E-state index < -0.39 is 35.8 Å². The first-order valence-corrected chi connectivity index (χ1v) is 11.1. The molecule has 10 heteroatoms. The van der Waals surface area contributed by atoms with Crippen LogP contribution >= 0.6 is 0 Å². The number of ether oxygens (including phenoxy) is 1. The Hall–Kier alpha value is -3.56. The van der Waals surface area contributed by atoms with E-state index in [4.69, 9.17) is 4.74 Å². The van der Waals surface area contributed by atoms with Crippen molar-refractivity contribution in [2.75, 3.05) is 23.9 Å². The van der Waals surface area contributed by atoms with Crippen LogP contribution in [0.4, 0.5) is 28.9 Å². The summed E-state index contributed by atoms with van der Waals surface area (Å²) in [6.45, 7) is 10.9. The summed E-state index contributed by atoms with van der Waals surface area (Å²) in [7, 11) is 1.55. The number of nitrogens with zero attached hydrogens (tertiary/aromatic N) is 1. The molecule has 0 atom stereocenters. The highest BCUT2D eigenvalue weighted by Gasteiger charge is 2.23. The summed E-state index contributed by atoms with van der Waals surface area (Å²) in [5.74, 6) is -2.42. The molecule has 0 aromatic heterocycles. The van der Waals surface area contributed by atoms with Crippen LogP contribution in [-0.4, -0.2) is 31.8 Å². The topological polar surface area (TPSA) is 70.7 Å². The van der Waals surface area contributed by atoms with E-state index in [1.54, 1.807) is 34.7 Å². The second-order valence-electron chi connectivity index (χ2n) is 9.35. The number of carbonyl (C=O) groups is 2. The zero-order valence-corrected chi connectivity index (χ0v) is 21.2. The van der Waals surface area contributed by atoms with E-state index in [0.29, 0.717) is 11.3 Å². The van der Waals surface area contributed by atoms with E-state index in [2.05, 4.69) is 17.2 Å². The number of aryl methyl sites for hydroxylation is 1. The molecule has 0 aliphatic carbocycles. The van der Waals surface area contributed by atoms with Crippen LogP contribution in [0.3, 0.4) is 0 Å². The van der Waals surface area contributed by atoms with Gasteiger partial charge in [0.1, 0.15) is 29.7 Å². The summed E-state index contributed by atoms with van der Waals surface area (Å²) in [5, 5.41) is 5.23. The summed E-state index contributed by atoms with van der Waals surface area (Å²) in [4.78, 5) is 25.5. The van der Waals surface area contributed by atoms with Crippen molar-refractivity contribution in [2.24, 2.45) is 5.41 Å². The lowest BCUT2D eigenvalue weighted by atomic mass is 9.95. The van der Waals surface area contributed by atoms with E-state index in [-0.39, 0.29) is 40.9 Å². The number of benzene rings is 2. The summed E-state index contributed by atoms with van der Waals surface area (Å²) >= 11 is 0. The van der Waals surface area contributed by atoms with Gasteiger partial charge in [-0.1, -0.05) is 33.4 Å². The van der Waals surface area contributed by atoms with E-state index in [0.717, 1.165) is 6.07 Å². The van der Waals surface area contributed by atoms with Crippen LogP contribution in [0.25, 0.3) is 0 Å². The van der Waals surface area contributed by atoms with Gasteiger partial charge in [-0.2, -0.15) is 0 Å². The van der Waals surface area contributed by atoms with E-state index in [9.17, 15) is 22.8 Å². The van der Waals surface area contributed by atoms with Gasteiger partial charge in [0.2, 0.25) is 5.91 Å². The van der Waals surface area contributed by atoms with Crippen LogP contribution in [-0.2, 0) is 11.3 Å². The fraction of sp³-hybridized carbons (Fsp3) is 0.385. The molecule has 0 heterocycles. The van der Waals surface area contributed by atoms with Crippen LogP contribution < -0.4 is 20.3 Å². The van der Waals surface area contributed by atoms with Crippen LogP contribution in [0.5, 0.6) is 5.75 Å². The maximum Gasteiger partial charge on any atom is 0.272 e. The van der Waals surface area contributed by atoms with Crippen molar-refractivity contribution in [3.63, 3.8) is 0 Å². The molecular formula is C26H31F4N3O3. The molecule has 0 spiro atoms. The molecule has 1 amide bonds. The third kappa shape index (κ3) is 6.99.